The Bertz CT molecular complexity index is 459. The Morgan fingerprint density at radius 2 is 2.20 bits per heavy atom. The van der Waals surface area contributed by atoms with E-state index in [1.165, 1.54) is 18.7 Å². The summed E-state index contributed by atoms with van der Waals surface area (Å²) in [5.74, 6) is 0.0970. The van der Waals surface area contributed by atoms with Crippen LogP contribution in [-0.4, -0.2) is 34.2 Å². The molecule has 0 radical (unpaired) electrons. The van der Waals surface area contributed by atoms with E-state index >= 15 is 0 Å². The summed E-state index contributed by atoms with van der Waals surface area (Å²) < 4.78 is 39.3. The molecule has 4 nitrogen and oxygen atoms in total. The van der Waals surface area contributed by atoms with Gasteiger partial charge in [0.05, 0.1) is 11.4 Å². The Morgan fingerprint density at radius 1 is 1.55 bits per heavy atom. The number of aromatic nitrogens is 2. The quantitative estimate of drug-likeness (QED) is 0.877. The summed E-state index contributed by atoms with van der Waals surface area (Å²) in [5, 5.41) is 6.55. The highest BCUT2D eigenvalue weighted by molar-refractivity contribution is 7.99. The number of amides is 1. The molecule has 0 saturated heterocycles. The maximum Gasteiger partial charge on any atom is 0.433 e. The van der Waals surface area contributed by atoms with E-state index in [0.717, 1.165) is 10.7 Å². The predicted molar refractivity (Wildman–Crippen MR) is 72.5 cm³/mol. The molecule has 0 bridgehead atoms. The Balaban J connectivity index is 2.62. The minimum absolute atomic E-state index is 0.113. The molecule has 0 fully saturated rings. The fourth-order valence-corrected chi connectivity index (χ4v) is 2.11. The molecule has 1 rings (SSSR count). The molecule has 114 valence electrons. The van der Waals surface area contributed by atoms with Crippen LogP contribution in [0.25, 0.3) is 0 Å². The second-order valence-corrected chi connectivity index (χ2v) is 5.56. The zero-order valence-electron chi connectivity index (χ0n) is 11.6. The van der Waals surface area contributed by atoms with Gasteiger partial charge in [0.15, 0.2) is 0 Å². The lowest BCUT2D eigenvalue weighted by Gasteiger charge is -2.15. The molecule has 1 aromatic rings. The third kappa shape index (κ3) is 5.07. The van der Waals surface area contributed by atoms with E-state index in [9.17, 15) is 18.0 Å². The number of aryl methyl sites for hydroxylation is 1. The minimum Gasteiger partial charge on any atom is -0.355 e. The summed E-state index contributed by atoms with van der Waals surface area (Å²) in [7, 11) is 0. The fourth-order valence-electron chi connectivity index (χ4n) is 1.74. The highest BCUT2D eigenvalue weighted by Crippen LogP contribution is 2.30. The molecular formula is C12H18F3N3OS. The molecule has 1 unspecified atom stereocenters. The van der Waals surface area contributed by atoms with E-state index in [0.29, 0.717) is 18.0 Å². The first kappa shape index (κ1) is 16.9. The van der Waals surface area contributed by atoms with Gasteiger partial charge in [0.25, 0.3) is 0 Å². The van der Waals surface area contributed by atoms with Crippen molar-refractivity contribution in [2.45, 2.75) is 26.6 Å². The van der Waals surface area contributed by atoms with Gasteiger partial charge in [-0.15, -0.1) is 0 Å². The molecule has 1 amide bonds. The fraction of sp³-hybridized carbons (Fsp3) is 0.667. The molecule has 0 aliphatic rings. The average Bonchev–Trinajstić information content (AvgIpc) is 2.68. The zero-order chi connectivity index (χ0) is 15.3. The molecule has 0 aromatic carbocycles. The van der Waals surface area contributed by atoms with Crippen LogP contribution in [0.1, 0.15) is 18.3 Å². The number of thioether (sulfide) groups is 1. The van der Waals surface area contributed by atoms with Gasteiger partial charge in [-0.25, -0.2) is 0 Å². The van der Waals surface area contributed by atoms with Gasteiger partial charge in [0.2, 0.25) is 5.91 Å². The van der Waals surface area contributed by atoms with Gasteiger partial charge < -0.3 is 5.32 Å². The van der Waals surface area contributed by atoms with Crippen molar-refractivity contribution in [1.29, 1.82) is 0 Å². The second-order valence-electron chi connectivity index (χ2n) is 4.69. The molecule has 1 atom stereocenters. The SMILES string of the molecule is CSCC(=O)NCC(C)Cn1nc(C)cc1C(F)(F)F. The third-order valence-electron chi connectivity index (χ3n) is 2.60. The number of hydrogen-bond acceptors (Lipinski definition) is 3. The van der Waals surface area contributed by atoms with E-state index in [4.69, 9.17) is 0 Å². The van der Waals surface area contributed by atoms with Crippen molar-refractivity contribution in [2.24, 2.45) is 5.92 Å². The number of nitrogens with zero attached hydrogens (tertiary/aromatic N) is 2. The molecule has 0 saturated carbocycles. The normalized spacial score (nSPS) is 13.3. The average molecular weight is 309 g/mol. The summed E-state index contributed by atoms with van der Waals surface area (Å²) in [6.07, 6.45) is -2.60. The summed E-state index contributed by atoms with van der Waals surface area (Å²) in [5.41, 5.74) is -0.423. The van der Waals surface area contributed by atoms with E-state index in [1.807, 2.05) is 6.26 Å². The molecule has 1 N–H and O–H groups in total. The van der Waals surface area contributed by atoms with Gasteiger partial charge in [-0.2, -0.15) is 30.0 Å². The largest absolute Gasteiger partial charge is 0.433 e. The van der Waals surface area contributed by atoms with Gasteiger partial charge in [-0.3, -0.25) is 9.48 Å². The minimum atomic E-state index is -4.41. The number of hydrogen-bond donors (Lipinski definition) is 1. The summed E-state index contributed by atoms with van der Waals surface area (Å²) in [4.78, 5) is 11.3. The summed E-state index contributed by atoms with van der Waals surface area (Å²) in [6, 6.07) is 1.03. The van der Waals surface area contributed by atoms with Crippen LogP contribution in [0.4, 0.5) is 13.2 Å². The van der Waals surface area contributed by atoms with Crippen LogP contribution in [0.3, 0.4) is 0 Å². The second kappa shape index (κ2) is 7.01. The van der Waals surface area contributed by atoms with Crippen LogP contribution in [0.2, 0.25) is 0 Å². The molecule has 1 aromatic heterocycles. The third-order valence-corrected chi connectivity index (χ3v) is 3.15. The number of carbonyl (C=O) groups is 1. The first-order valence-electron chi connectivity index (χ1n) is 6.11. The predicted octanol–water partition coefficient (Wildman–Crippen LogP) is 2.33. The van der Waals surface area contributed by atoms with Crippen molar-refractivity contribution in [2.75, 3.05) is 18.6 Å². The Morgan fingerprint density at radius 3 is 2.75 bits per heavy atom. The van der Waals surface area contributed by atoms with Gasteiger partial charge in [-0.05, 0) is 25.2 Å². The highest BCUT2D eigenvalue weighted by atomic mass is 32.2. The van der Waals surface area contributed by atoms with Crippen LogP contribution in [-0.2, 0) is 17.5 Å². The number of rotatable bonds is 6. The van der Waals surface area contributed by atoms with E-state index in [1.54, 1.807) is 6.92 Å². The maximum atomic E-state index is 12.8. The van der Waals surface area contributed by atoms with Crippen molar-refractivity contribution >= 4 is 17.7 Å². The molecule has 20 heavy (non-hydrogen) atoms. The van der Waals surface area contributed by atoms with Crippen molar-refractivity contribution in [3.63, 3.8) is 0 Å². The molecule has 0 spiro atoms. The van der Waals surface area contributed by atoms with Crippen molar-refractivity contribution in [3.8, 4) is 0 Å². The van der Waals surface area contributed by atoms with Crippen molar-refractivity contribution in [1.82, 2.24) is 15.1 Å². The first-order valence-corrected chi connectivity index (χ1v) is 7.50. The molecule has 0 aliphatic carbocycles. The highest BCUT2D eigenvalue weighted by Gasteiger charge is 2.35. The van der Waals surface area contributed by atoms with Gasteiger partial charge >= 0.3 is 6.18 Å². The van der Waals surface area contributed by atoms with Crippen LogP contribution in [0.15, 0.2) is 6.07 Å². The van der Waals surface area contributed by atoms with Gasteiger partial charge in [-0.1, -0.05) is 6.92 Å². The van der Waals surface area contributed by atoms with E-state index < -0.39 is 11.9 Å². The van der Waals surface area contributed by atoms with Crippen molar-refractivity contribution < 1.29 is 18.0 Å². The lowest BCUT2D eigenvalue weighted by atomic mass is 10.2. The molecular weight excluding hydrogens is 291 g/mol. The smallest absolute Gasteiger partial charge is 0.355 e. The maximum absolute atomic E-state index is 12.8. The van der Waals surface area contributed by atoms with E-state index in [-0.39, 0.29) is 18.4 Å². The van der Waals surface area contributed by atoms with Crippen molar-refractivity contribution in [3.05, 3.63) is 17.5 Å². The Labute approximate surface area is 120 Å². The lowest BCUT2D eigenvalue weighted by Crippen LogP contribution is -2.32. The van der Waals surface area contributed by atoms with Gasteiger partial charge in [0.1, 0.15) is 5.69 Å². The van der Waals surface area contributed by atoms with Crippen LogP contribution < -0.4 is 5.32 Å². The van der Waals surface area contributed by atoms with E-state index in [2.05, 4.69) is 10.4 Å². The lowest BCUT2D eigenvalue weighted by molar-refractivity contribution is -0.144. The monoisotopic (exact) mass is 309 g/mol. The summed E-state index contributed by atoms with van der Waals surface area (Å²) >= 11 is 1.40. The Hall–Kier alpha value is -1.18. The summed E-state index contributed by atoms with van der Waals surface area (Å²) in [6.45, 7) is 3.74. The molecule has 0 aliphatic heterocycles. The number of nitrogens with one attached hydrogen (secondary N) is 1. The standard InChI is InChI=1S/C12H18F3N3OS/c1-8(5-16-11(19)7-20-3)6-18-10(12(13,14)15)4-9(2)17-18/h4,8H,5-7H2,1-3H3,(H,16,19). The Kier molecular flexibility index (Phi) is 5.91. The first-order chi connectivity index (χ1) is 9.24. The van der Waals surface area contributed by atoms with Crippen LogP contribution in [0, 0.1) is 12.8 Å². The number of carbonyl (C=O) groups excluding carboxylic acids is 1. The van der Waals surface area contributed by atoms with Gasteiger partial charge in [0, 0.05) is 13.1 Å². The number of alkyl halides is 3. The molecule has 8 heteroatoms. The topological polar surface area (TPSA) is 46.9 Å². The zero-order valence-corrected chi connectivity index (χ0v) is 12.4. The molecule has 1 heterocycles. The van der Waals surface area contributed by atoms with Crippen LogP contribution in [0.5, 0.6) is 0 Å². The van der Waals surface area contributed by atoms with Crippen LogP contribution >= 0.6 is 11.8 Å². The number of halogens is 3.